The molecule has 0 fully saturated rings. The first-order chi connectivity index (χ1) is 11.0. The molecule has 2 unspecified atom stereocenters. The normalized spacial score (nSPS) is 12.6. The Morgan fingerprint density at radius 3 is 2.58 bits per heavy atom. The molecule has 0 spiro atoms. The van der Waals surface area contributed by atoms with E-state index in [1.807, 2.05) is 30.3 Å². The first-order valence-corrected chi connectivity index (χ1v) is 7.23. The predicted octanol–water partition coefficient (Wildman–Crippen LogP) is 1.75. The molecule has 24 heavy (non-hydrogen) atoms. The van der Waals surface area contributed by atoms with E-state index in [1.165, 1.54) is 11.8 Å². The van der Waals surface area contributed by atoms with Crippen LogP contribution in [-0.4, -0.2) is 28.8 Å². The molecule has 7 nitrogen and oxygen atoms in total. The highest BCUT2D eigenvalue weighted by atomic mass is 35.5. The van der Waals surface area contributed by atoms with Crippen molar-refractivity contribution in [3.63, 3.8) is 0 Å². The number of benzene rings is 1. The van der Waals surface area contributed by atoms with Crippen LogP contribution in [-0.2, 0) is 20.9 Å². The monoisotopic (exact) mass is 352 g/mol. The lowest BCUT2D eigenvalue weighted by atomic mass is 9.95. The zero-order valence-corrected chi connectivity index (χ0v) is 14.3. The fraction of sp³-hybridized carbons (Fsp3) is 0.312. The molecule has 0 saturated heterocycles. The number of rotatable bonds is 6. The molecule has 0 bridgehead atoms. The van der Waals surface area contributed by atoms with E-state index < -0.39 is 17.9 Å². The Morgan fingerprint density at radius 2 is 1.96 bits per heavy atom. The van der Waals surface area contributed by atoms with Gasteiger partial charge in [-0.3, -0.25) is 14.3 Å². The van der Waals surface area contributed by atoms with Gasteiger partial charge in [-0.25, -0.2) is 0 Å². The lowest BCUT2D eigenvalue weighted by molar-refractivity contribution is -0.141. The number of anilines is 1. The van der Waals surface area contributed by atoms with Crippen LogP contribution in [0.1, 0.15) is 18.5 Å². The molecule has 0 aliphatic carbocycles. The van der Waals surface area contributed by atoms with Gasteiger partial charge in [-0.15, -0.1) is 12.4 Å². The second-order valence-electron chi connectivity index (χ2n) is 5.19. The van der Waals surface area contributed by atoms with Gasteiger partial charge in [0.15, 0.2) is 5.82 Å². The van der Waals surface area contributed by atoms with Crippen LogP contribution in [0.2, 0.25) is 0 Å². The van der Waals surface area contributed by atoms with E-state index in [9.17, 15) is 9.59 Å². The Morgan fingerprint density at radius 1 is 1.29 bits per heavy atom. The first kappa shape index (κ1) is 19.7. The smallest absolute Gasteiger partial charge is 0.327 e. The maximum Gasteiger partial charge on any atom is 0.327 e. The molecule has 1 heterocycles. The van der Waals surface area contributed by atoms with Crippen LogP contribution < -0.4 is 11.1 Å². The Balaban J connectivity index is 0.00000288. The highest BCUT2D eigenvalue weighted by Crippen LogP contribution is 2.20. The maximum absolute atomic E-state index is 12.3. The third-order valence-electron chi connectivity index (χ3n) is 3.55. The minimum Gasteiger partial charge on any atom is -0.468 e. The number of nitrogens with one attached hydrogen (secondary N) is 1. The fourth-order valence-electron chi connectivity index (χ4n) is 2.08. The summed E-state index contributed by atoms with van der Waals surface area (Å²) < 4.78 is 5.95. The molecular weight excluding hydrogens is 332 g/mol. The van der Waals surface area contributed by atoms with Crippen molar-refractivity contribution in [2.24, 2.45) is 11.7 Å². The molecule has 0 saturated carbocycles. The van der Waals surface area contributed by atoms with Crippen LogP contribution in [0.15, 0.2) is 42.6 Å². The van der Waals surface area contributed by atoms with Crippen molar-refractivity contribution < 1.29 is 14.3 Å². The number of amides is 1. The van der Waals surface area contributed by atoms with Crippen molar-refractivity contribution in [1.82, 2.24) is 9.78 Å². The number of ether oxygens (including phenoxy) is 1. The third-order valence-corrected chi connectivity index (χ3v) is 3.55. The summed E-state index contributed by atoms with van der Waals surface area (Å²) in [6.45, 7) is 1.75. The van der Waals surface area contributed by atoms with Crippen molar-refractivity contribution in [3.8, 4) is 0 Å². The fourth-order valence-corrected chi connectivity index (χ4v) is 2.08. The van der Waals surface area contributed by atoms with E-state index in [0.29, 0.717) is 5.82 Å². The number of nitrogens with two attached hydrogens (primary N) is 1. The highest BCUT2D eigenvalue weighted by molar-refractivity contribution is 5.92. The molecule has 2 aromatic rings. The van der Waals surface area contributed by atoms with Crippen LogP contribution in [0, 0.1) is 5.92 Å². The number of carbonyl (C=O) groups is 2. The van der Waals surface area contributed by atoms with Crippen molar-refractivity contribution in [2.45, 2.75) is 19.5 Å². The van der Waals surface area contributed by atoms with E-state index in [1.54, 1.807) is 19.2 Å². The second-order valence-corrected chi connectivity index (χ2v) is 5.19. The van der Waals surface area contributed by atoms with Gasteiger partial charge >= 0.3 is 5.97 Å². The Hall–Kier alpha value is -2.38. The molecule has 3 N–H and O–H groups in total. The van der Waals surface area contributed by atoms with Crippen molar-refractivity contribution in [3.05, 3.63) is 48.2 Å². The third kappa shape index (κ3) is 5.07. The lowest BCUT2D eigenvalue weighted by Crippen LogP contribution is -2.30. The van der Waals surface area contributed by atoms with E-state index in [0.717, 1.165) is 5.56 Å². The maximum atomic E-state index is 12.3. The summed E-state index contributed by atoms with van der Waals surface area (Å²) in [5.41, 5.74) is 7.03. The molecule has 1 amide bonds. The predicted molar refractivity (Wildman–Crippen MR) is 92.7 cm³/mol. The van der Waals surface area contributed by atoms with E-state index in [-0.39, 0.29) is 24.9 Å². The standard InChI is InChI=1S/C16H20N4O3.ClH/c1-11(15(17)12-6-4-3-5-7-12)16(22)18-13-8-9-20(19-13)10-14(21)23-2;/h3-9,11,15H,10,17H2,1-2H3,(H,18,19,22);1H. The molecule has 1 aromatic carbocycles. The molecule has 130 valence electrons. The van der Waals surface area contributed by atoms with Crippen LogP contribution in [0.3, 0.4) is 0 Å². The number of hydrogen-bond acceptors (Lipinski definition) is 5. The largest absolute Gasteiger partial charge is 0.468 e. The second kappa shape index (κ2) is 9.05. The highest BCUT2D eigenvalue weighted by Gasteiger charge is 2.22. The number of aromatic nitrogens is 2. The van der Waals surface area contributed by atoms with Crippen molar-refractivity contribution in [2.75, 3.05) is 12.4 Å². The Kier molecular flexibility index (Phi) is 7.41. The van der Waals surface area contributed by atoms with Crippen LogP contribution in [0.5, 0.6) is 0 Å². The lowest BCUT2D eigenvalue weighted by Gasteiger charge is -2.19. The average Bonchev–Trinajstić information content (AvgIpc) is 3.00. The number of nitrogens with zero attached hydrogens (tertiary/aromatic N) is 2. The number of halogens is 1. The van der Waals surface area contributed by atoms with Gasteiger partial charge in [0.1, 0.15) is 6.54 Å². The van der Waals surface area contributed by atoms with Gasteiger partial charge in [-0.1, -0.05) is 37.3 Å². The zero-order chi connectivity index (χ0) is 16.8. The summed E-state index contributed by atoms with van der Waals surface area (Å²) >= 11 is 0. The topological polar surface area (TPSA) is 99.2 Å². The minimum atomic E-state index is -0.428. The molecule has 0 aliphatic heterocycles. The van der Waals surface area contributed by atoms with Gasteiger partial charge in [0.25, 0.3) is 0 Å². The van der Waals surface area contributed by atoms with Gasteiger partial charge in [0.2, 0.25) is 5.91 Å². The summed E-state index contributed by atoms with van der Waals surface area (Å²) in [6, 6.07) is 10.6. The molecule has 0 aliphatic rings. The molecule has 0 radical (unpaired) electrons. The molecular formula is C16H21ClN4O3. The van der Waals surface area contributed by atoms with Crippen LogP contribution in [0.25, 0.3) is 0 Å². The average molecular weight is 353 g/mol. The van der Waals surface area contributed by atoms with Crippen molar-refractivity contribution >= 4 is 30.1 Å². The number of methoxy groups -OCH3 is 1. The Bertz CT molecular complexity index is 675. The van der Waals surface area contributed by atoms with Gasteiger partial charge in [0, 0.05) is 18.3 Å². The van der Waals surface area contributed by atoms with Crippen LogP contribution >= 0.6 is 12.4 Å². The SMILES string of the molecule is COC(=O)Cn1ccc(NC(=O)C(C)C(N)c2ccccc2)n1.Cl. The van der Waals surface area contributed by atoms with Crippen LogP contribution in [0.4, 0.5) is 5.82 Å². The number of esters is 1. The molecule has 1 aromatic heterocycles. The summed E-state index contributed by atoms with van der Waals surface area (Å²) in [5.74, 6) is -0.704. The van der Waals surface area contributed by atoms with E-state index in [4.69, 9.17) is 5.73 Å². The molecule has 8 heteroatoms. The molecule has 2 rings (SSSR count). The quantitative estimate of drug-likeness (QED) is 0.771. The first-order valence-electron chi connectivity index (χ1n) is 7.23. The Labute approximate surface area is 146 Å². The number of hydrogen-bond donors (Lipinski definition) is 2. The number of carbonyl (C=O) groups excluding carboxylic acids is 2. The summed E-state index contributed by atoms with van der Waals surface area (Å²) in [5, 5.41) is 6.80. The van der Waals surface area contributed by atoms with E-state index in [2.05, 4.69) is 15.2 Å². The van der Waals surface area contributed by atoms with Gasteiger partial charge in [0.05, 0.1) is 13.0 Å². The molecule has 2 atom stereocenters. The summed E-state index contributed by atoms with van der Waals surface area (Å²) in [4.78, 5) is 23.5. The summed E-state index contributed by atoms with van der Waals surface area (Å²) in [6.07, 6.45) is 1.59. The summed E-state index contributed by atoms with van der Waals surface area (Å²) in [7, 11) is 1.31. The minimum absolute atomic E-state index is 0. The zero-order valence-electron chi connectivity index (χ0n) is 13.5. The van der Waals surface area contributed by atoms with Gasteiger partial charge in [-0.2, -0.15) is 5.10 Å². The van der Waals surface area contributed by atoms with Crippen molar-refractivity contribution in [1.29, 1.82) is 0 Å². The van der Waals surface area contributed by atoms with Gasteiger partial charge < -0.3 is 15.8 Å². The van der Waals surface area contributed by atoms with Gasteiger partial charge in [-0.05, 0) is 5.56 Å². The van der Waals surface area contributed by atoms with E-state index >= 15 is 0 Å².